The van der Waals surface area contributed by atoms with E-state index in [4.69, 9.17) is 14.5 Å². The van der Waals surface area contributed by atoms with Crippen molar-refractivity contribution < 1.29 is 9.47 Å². The lowest BCUT2D eigenvalue weighted by Crippen LogP contribution is -2.36. The van der Waals surface area contributed by atoms with Gasteiger partial charge in [0.2, 0.25) is 5.88 Å². The summed E-state index contributed by atoms with van der Waals surface area (Å²) in [6.45, 7) is 4.13. The number of ether oxygens (including phenoxy) is 2. The molecule has 1 saturated heterocycles. The third kappa shape index (κ3) is 3.62. The number of hydrogen-bond acceptors (Lipinski definition) is 7. The zero-order chi connectivity index (χ0) is 21.3. The molecular weight excluding hydrogens is 404 g/mol. The van der Waals surface area contributed by atoms with Crippen molar-refractivity contribution in [3.8, 4) is 17.1 Å². The van der Waals surface area contributed by atoms with Gasteiger partial charge in [0.25, 0.3) is 0 Å². The number of pyridine rings is 1. The Hall–Kier alpha value is -3.65. The predicted molar refractivity (Wildman–Crippen MR) is 123 cm³/mol. The van der Waals surface area contributed by atoms with Crippen molar-refractivity contribution in [3.05, 3.63) is 60.7 Å². The van der Waals surface area contributed by atoms with Crippen LogP contribution in [0.4, 0.5) is 17.2 Å². The molecule has 8 nitrogen and oxygen atoms in total. The molecule has 1 fully saturated rings. The van der Waals surface area contributed by atoms with Gasteiger partial charge in [0.15, 0.2) is 11.5 Å². The first kappa shape index (κ1) is 19.1. The summed E-state index contributed by atoms with van der Waals surface area (Å²) in [4.78, 5) is 16.2. The highest BCUT2D eigenvalue weighted by atomic mass is 16.5. The lowest BCUT2D eigenvalue weighted by Gasteiger charge is -2.28. The first-order chi connectivity index (χ1) is 15.8. The van der Waals surface area contributed by atoms with Gasteiger partial charge in [0.1, 0.15) is 0 Å². The highest BCUT2D eigenvalue weighted by molar-refractivity contribution is 5.74. The molecule has 32 heavy (non-hydrogen) atoms. The summed E-state index contributed by atoms with van der Waals surface area (Å²) >= 11 is 0. The Labute approximate surface area is 185 Å². The number of fused-ring (bicyclic) bond motifs is 2. The van der Waals surface area contributed by atoms with Crippen molar-refractivity contribution in [2.45, 2.75) is 12.8 Å². The molecule has 0 amide bonds. The van der Waals surface area contributed by atoms with Gasteiger partial charge in [-0.25, -0.2) is 15.0 Å². The number of benzene rings is 1. The van der Waals surface area contributed by atoms with Gasteiger partial charge in [-0.05, 0) is 43.2 Å². The maximum atomic E-state index is 5.66. The summed E-state index contributed by atoms with van der Waals surface area (Å²) in [5, 5.41) is 3.45. The van der Waals surface area contributed by atoms with E-state index in [0.29, 0.717) is 5.82 Å². The number of imidazole rings is 1. The maximum Gasteiger partial charge on any atom is 0.216 e. The minimum absolute atomic E-state index is 0.709. The molecule has 0 radical (unpaired) electrons. The number of nitrogens with one attached hydrogen (secondary N) is 1. The lowest BCUT2D eigenvalue weighted by atomic mass is 10.1. The zero-order valence-electron chi connectivity index (χ0n) is 17.7. The summed E-state index contributed by atoms with van der Waals surface area (Å²) < 4.78 is 13.1. The molecule has 4 aromatic rings. The summed E-state index contributed by atoms with van der Waals surface area (Å²) in [6, 6.07) is 10.6. The van der Waals surface area contributed by atoms with Crippen LogP contribution in [0.15, 0.2) is 55.1 Å². The normalized spacial score (nSPS) is 15.9. The van der Waals surface area contributed by atoms with Gasteiger partial charge in [-0.15, -0.1) is 0 Å². The number of aromatic nitrogens is 4. The predicted octanol–water partition coefficient (Wildman–Crippen LogP) is 3.70. The molecule has 0 aliphatic carbocycles. The van der Waals surface area contributed by atoms with E-state index in [1.165, 1.54) is 5.69 Å². The van der Waals surface area contributed by atoms with Gasteiger partial charge in [0, 0.05) is 60.4 Å². The molecule has 0 spiro atoms. The van der Waals surface area contributed by atoms with Crippen molar-refractivity contribution in [3.63, 3.8) is 0 Å². The third-order valence-corrected chi connectivity index (χ3v) is 5.93. The number of hydrogen-bond donors (Lipinski definition) is 1. The molecule has 0 bridgehead atoms. The largest absolute Gasteiger partial charge is 0.477 e. The molecule has 0 unspecified atom stereocenters. The zero-order valence-corrected chi connectivity index (χ0v) is 17.7. The van der Waals surface area contributed by atoms with Crippen molar-refractivity contribution in [2.24, 2.45) is 0 Å². The maximum absolute atomic E-state index is 5.66. The summed E-state index contributed by atoms with van der Waals surface area (Å²) in [6.07, 6.45) is 9.52. The average Bonchev–Trinajstić information content (AvgIpc) is 3.34. The fourth-order valence-electron chi connectivity index (χ4n) is 4.25. The second kappa shape index (κ2) is 8.12. The smallest absolute Gasteiger partial charge is 0.216 e. The van der Waals surface area contributed by atoms with Crippen molar-refractivity contribution in [1.82, 2.24) is 19.4 Å². The summed E-state index contributed by atoms with van der Waals surface area (Å²) in [7, 11) is 0. The molecular formula is C24H24N6O2. The quantitative estimate of drug-likeness (QED) is 0.531. The van der Waals surface area contributed by atoms with E-state index in [-0.39, 0.29) is 0 Å². The first-order valence-electron chi connectivity index (χ1n) is 11.0. The molecule has 2 aliphatic heterocycles. The fourth-order valence-corrected chi connectivity index (χ4v) is 4.25. The molecule has 0 saturated carbocycles. The highest BCUT2D eigenvalue weighted by Gasteiger charge is 2.16. The van der Waals surface area contributed by atoms with Crippen LogP contribution in [0.25, 0.3) is 16.9 Å². The lowest BCUT2D eigenvalue weighted by molar-refractivity contribution is 0.122. The molecule has 1 aromatic carbocycles. The Kier molecular flexibility index (Phi) is 4.84. The van der Waals surface area contributed by atoms with Crippen LogP contribution in [-0.4, -0.2) is 52.3 Å². The van der Waals surface area contributed by atoms with Crippen LogP contribution in [0.2, 0.25) is 0 Å². The molecule has 162 valence electrons. The van der Waals surface area contributed by atoms with Gasteiger partial charge in [0.05, 0.1) is 25.5 Å². The van der Waals surface area contributed by atoms with Crippen LogP contribution >= 0.6 is 0 Å². The number of anilines is 3. The second-order valence-corrected chi connectivity index (χ2v) is 8.04. The monoisotopic (exact) mass is 428 g/mol. The van der Waals surface area contributed by atoms with E-state index in [1.807, 2.05) is 23.0 Å². The Bertz CT molecular complexity index is 1250. The molecule has 3 aromatic heterocycles. The van der Waals surface area contributed by atoms with Crippen molar-refractivity contribution in [2.75, 3.05) is 43.1 Å². The Morgan fingerprint density at radius 2 is 1.88 bits per heavy atom. The van der Waals surface area contributed by atoms with Crippen LogP contribution in [-0.2, 0) is 11.2 Å². The van der Waals surface area contributed by atoms with Crippen LogP contribution in [0.1, 0.15) is 12.0 Å². The summed E-state index contributed by atoms with van der Waals surface area (Å²) in [5.74, 6) is 1.45. The number of nitrogens with zero attached hydrogens (tertiary/aromatic N) is 5. The number of morpholine rings is 1. The van der Waals surface area contributed by atoms with E-state index in [9.17, 15) is 0 Å². The minimum Gasteiger partial charge on any atom is -0.477 e. The molecule has 8 heteroatoms. The van der Waals surface area contributed by atoms with Crippen molar-refractivity contribution in [1.29, 1.82) is 0 Å². The van der Waals surface area contributed by atoms with Gasteiger partial charge in [-0.2, -0.15) is 0 Å². The Balaban J connectivity index is 1.31. The van der Waals surface area contributed by atoms with Crippen LogP contribution in [0.3, 0.4) is 0 Å². The Morgan fingerprint density at radius 3 is 2.75 bits per heavy atom. The van der Waals surface area contributed by atoms with Crippen LogP contribution in [0, 0.1) is 0 Å². The molecule has 5 heterocycles. The SMILES string of the molecule is c1cn2cc(-c3cnc4c(c3)CCCO4)nc(Nc3ccc(N4CCOCC4)cc3)c2n1. The van der Waals surface area contributed by atoms with Crippen LogP contribution < -0.4 is 15.0 Å². The standard InChI is InChI=1S/C24H24N6O2/c1-2-17-14-18(15-26-24(17)32-11-1)21-16-30-8-7-25-23(30)22(28-21)27-19-3-5-20(6-4-19)29-9-12-31-13-10-29/h3-8,14-16H,1-2,9-13H2,(H,27,28). The average molecular weight is 428 g/mol. The first-order valence-corrected chi connectivity index (χ1v) is 11.0. The van der Waals surface area contributed by atoms with E-state index in [1.54, 1.807) is 6.20 Å². The third-order valence-electron chi connectivity index (χ3n) is 5.93. The number of rotatable bonds is 4. The van der Waals surface area contributed by atoms with E-state index in [0.717, 1.165) is 79.8 Å². The summed E-state index contributed by atoms with van der Waals surface area (Å²) in [5.41, 5.74) is 5.89. The molecule has 6 rings (SSSR count). The molecule has 1 N–H and O–H groups in total. The highest BCUT2D eigenvalue weighted by Crippen LogP contribution is 2.29. The molecule has 2 aliphatic rings. The van der Waals surface area contributed by atoms with Crippen molar-refractivity contribution >= 4 is 22.8 Å². The fraction of sp³-hybridized carbons (Fsp3) is 0.292. The second-order valence-electron chi connectivity index (χ2n) is 8.04. The topological polar surface area (TPSA) is 76.8 Å². The Morgan fingerprint density at radius 1 is 1.00 bits per heavy atom. The van der Waals surface area contributed by atoms with E-state index in [2.05, 4.69) is 50.5 Å². The van der Waals surface area contributed by atoms with Gasteiger partial charge >= 0.3 is 0 Å². The van der Waals surface area contributed by atoms with Gasteiger partial charge in [-0.1, -0.05) is 0 Å². The van der Waals surface area contributed by atoms with Gasteiger partial charge < -0.3 is 24.1 Å². The van der Waals surface area contributed by atoms with E-state index >= 15 is 0 Å². The number of aryl methyl sites for hydroxylation is 1. The molecule has 0 atom stereocenters. The minimum atomic E-state index is 0.709. The van der Waals surface area contributed by atoms with E-state index < -0.39 is 0 Å². The van der Waals surface area contributed by atoms with Gasteiger partial charge in [-0.3, -0.25) is 0 Å². The van der Waals surface area contributed by atoms with Crippen LogP contribution in [0.5, 0.6) is 5.88 Å².